The number of nitrogens with one attached hydrogen (secondary N) is 2. The maximum atomic E-state index is 11.8. The van der Waals surface area contributed by atoms with Crippen molar-refractivity contribution in [2.24, 2.45) is 5.92 Å². The predicted molar refractivity (Wildman–Crippen MR) is 61.6 cm³/mol. The van der Waals surface area contributed by atoms with Crippen molar-refractivity contribution >= 4 is 11.9 Å². The normalized spacial score (nSPS) is 22.2. The van der Waals surface area contributed by atoms with Crippen LogP contribution in [-0.2, 0) is 14.3 Å². The first-order valence-electron chi connectivity index (χ1n) is 5.86. The third-order valence-electron chi connectivity index (χ3n) is 2.54. The lowest BCUT2D eigenvalue weighted by molar-refractivity contribution is -0.145. The fourth-order valence-electron chi connectivity index (χ4n) is 1.69. The van der Waals surface area contributed by atoms with Crippen LogP contribution in [0.1, 0.15) is 20.3 Å². The summed E-state index contributed by atoms with van der Waals surface area (Å²) >= 11 is 0. The number of carbonyl (C=O) groups is 2. The Balaban J connectivity index is 2.47. The summed E-state index contributed by atoms with van der Waals surface area (Å²) in [7, 11) is 0. The fourth-order valence-corrected chi connectivity index (χ4v) is 1.69. The van der Waals surface area contributed by atoms with Gasteiger partial charge in [-0.3, -0.25) is 4.79 Å². The zero-order valence-electron chi connectivity index (χ0n) is 10.2. The highest BCUT2D eigenvalue weighted by Gasteiger charge is 2.27. The van der Waals surface area contributed by atoms with E-state index in [9.17, 15) is 9.59 Å². The Kier molecular flexibility index (Phi) is 5.37. The molecule has 1 heterocycles. The average molecular weight is 244 g/mol. The average Bonchev–Trinajstić information content (AvgIpc) is 2.28. The zero-order valence-corrected chi connectivity index (χ0v) is 10.2. The molecular formula is C11H20N2O4. The van der Waals surface area contributed by atoms with Gasteiger partial charge in [0.25, 0.3) is 5.91 Å². The van der Waals surface area contributed by atoms with Crippen LogP contribution in [0.3, 0.4) is 0 Å². The second-order valence-corrected chi connectivity index (χ2v) is 4.59. The van der Waals surface area contributed by atoms with E-state index in [1.54, 1.807) is 0 Å². The van der Waals surface area contributed by atoms with Crippen molar-refractivity contribution < 1.29 is 19.4 Å². The highest BCUT2D eigenvalue weighted by atomic mass is 16.5. The number of hydrogen-bond acceptors (Lipinski definition) is 4. The molecule has 6 heteroatoms. The lowest BCUT2D eigenvalue weighted by Gasteiger charge is -2.25. The van der Waals surface area contributed by atoms with Gasteiger partial charge in [-0.1, -0.05) is 13.8 Å². The van der Waals surface area contributed by atoms with Gasteiger partial charge in [-0.15, -0.1) is 0 Å². The molecule has 0 saturated carbocycles. The second-order valence-electron chi connectivity index (χ2n) is 4.59. The monoisotopic (exact) mass is 244 g/mol. The fraction of sp³-hybridized carbons (Fsp3) is 0.818. The molecule has 0 spiro atoms. The van der Waals surface area contributed by atoms with Gasteiger partial charge >= 0.3 is 5.97 Å². The van der Waals surface area contributed by atoms with Gasteiger partial charge in [-0.05, 0) is 12.3 Å². The van der Waals surface area contributed by atoms with Crippen LogP contribution in [0.15, 0.2) is 0 Å². The molecule has 1 saturated heterocycles. The number of carbonyl (C=O) groups excluding carboxylic acids is 1. The van der Waals surface area contributed by atoms with Crippen molar-refractivity contribution in [3.8, 4) is 0 Å². The highest BCUT2D eigenvalue weighted by Crippen LogP contribution is 2.06. The minimum absolute atomic E-state index is 0.210. The molecule has 2 unspecified atom stereocenters. The maximum absolute atomic E-state index is 11.8. The molecule has 2 atom stereocenters. The van der Waals surface area contributed by atoms with Gasteiger partial charge in [0.1, 0.15) is 12.1 Å². The summed E-state index contributed by atoms with van der Waals surface area (Å²) in [4.78, 5) is 22.7. The molecule has 1 amide bonds. The quantitative estimate of drug-likeness (QED) is 0.612. The first-order chi connectivity index (χ1) is 8.00. The van der Waals surface area contributed by atoms with Crippen LogP contribution in [0.5, 0.6) is 0 Å². The molecule has 0 aromatic rings. The molecule has 0 radical (unpaired) electrons. The number of amides is 1. The number of morpholine rings is 1. The standard InChI is InChI=1S/C11H20N2O4/c1-7(2)5-8(11(15)16)13-10(14)9-6-12-3-4-17-9/h7-9,12H,3-6H2,1-2H3,(H,13,14)(H,15,16). The lowest BCUT2D eigenvalue weighted by Crippen LogP contribution is -2.52. The molecule has 1 aliphatic heterocycles. The number of hydrogen-bond donors (Lipinski definition) is 3. The van der Waals surface area contributed by atoms with Crippen molar-refractivity contribution in [1.82, 2.24) is 10.6 Å². The Hall–Kier alpha value is -1.14. The van der Waals surface area contributed by atoms with Crippen LogP contribution in [-0.4, -0.2) is 48.8 Å². The Bertz CT molecular complexity index is 275. The van der Waals surface area contributed by atoms with Gasteiger partial charge in [-0.2, -0.15) is 0 Å². The van der Waals surface area contributed by atoms with E-state index in [1.807, 2.05) is 13.8 Å². The minimum atomic E-state index is -1.00. The third kappa shape index (κ3) is 4.70. The number of aliphatic carboxylic acids is 1. The molecule has 1 aliphatic rings. The molecule has 1 fully saturated rings. The summed E-state index contributed by atoms with van der Waals surface area (Å²) in [6.45, 7) is 5.46. The molecule has 3 N–H and O–H groups in total. The minimum Gasteiger partial charge on any atom is -0.480 e. The van der Waals surface area contributed by atoms with Crippen LogP contribution in [0, 0.1) is 5.92 Å². The van der Waals surface area contributed by atoms with Crippen LogP contribution in [0.2, 0.25) is 0 Å². The number of ether oxygens (including phenoxy) is 1. The zero-order chi connectivity index (χ0) is 12.8. The van der Waals surface area contributed by atoms with E-state index in [0.717, 1.165) is 6.54 Å². The maximum Gasteiger partial charge on any atom is 0.326 e. The van der Waals surface area contributed by atoms with E-state index < -0.39 is 18.1 Å². The molecule has 17 heavy (non-hydrogen) atoms. The van der Waals surface area contributed by atoms with E-state index in [1.165, 1.54) is 0 Å². The van der Waals surface area contributed by atoms with Gasteiger partial charge < -0.3 is 20.5 Å². The Labute approximate surface area is 101 Å². The van der Waals surface area contributed by atoms with E-state index >= 15 is 0 Å². The second kappa shape index (κ2) is 6.56. The van der Waals surface area contributed by atoms with E-state index in [2.05, 4.69) is 10.6 Å². The van der Waals surface area contributed by atoms with Crippen molar-refractivity contribution in [1.29, 1.82) is 0 Å². The van der Waals surface area contributed by atoms with Crippen LogP contribution < -0.4 is 10.6 Å². The molecule has 0 aromatic heterocycles. The third-order valence-corrected chi connectivity index (χ3v) is 2.54. The predicted octanol–water partition coefficient (Wildman–Crippen LogP) is -0.410. The van der Waals surface area contributed by atoms with E-state index in [0.29, 0.717) is 19.6 Å². The SMILES string of the molecule is CC(C)CC(NC(=O)C1CNCCO1)C(=O)O. The molecule has 98 valence electrons. The molecular weight excluding hydrogens is 224 g/mol. The van der Waals surface area contributed by atoms with Crippen LogP contribution >= 0.6 is 0 Å². The van der Waals surface area contributed by atoms with Gasteiger partial charge in [0, 0.05) is 13.1 Å². The first-order valence-corrected chi connectivity index (χ1v) is 5.86. The van der Waals surface area contributed by atoms with Gasteiger partial charge in [0.15, 0.2) is 0 Å². The van der Waals surface area contributed by atoms with Crippen molar-refractivity contribution in [2.75, 3.05) is 19.7 Å². The Morgan fingerprint density at radius 1 is 1.53 bits per heavy atom. The number of carboxylic acid groups (broad SMARTS) is 1. The lowest BCUT2D eigenvalue weighted by atomic mass is 10.0. The molecule has 0 aromatic carbocycles. The summed E-state index contributed by atoms with van der Waals surface area (Å²) in [5.41, 5.74) is 0. The molecule has 6 nitrogen and oxygen atoms in total. The largest absolute Gasteiger partial charge is 0.480 e. The summed E-state index contributed by atoms with van der Waals surface area (Å²) in [6, 6.07) is -0.840. The Morgan fingerprint density at radius 2 is 2.24 bits per heavy atom. The van der Waals surface area contributed by atoms with Crippen molar-refractivity contribution in [2.45, 2.75) is 32.4 Å². The van der Waals surface area contributed by atoms with Crippen molar-refractivity contribution in [3.63, 3.8) is 0 Å². The van der Waals surface area contributed by atoms with E-state index in [-0.39, 0.29) is 11.8 Å². The first kappa shape index (κ1) is 13.9. The summed E-state index contributed by atoms with van der Waals surface area (Å²) in [5.74, 6) is -1.15. The van der Waals surface area contributed by atoms with Gasteiger partial charge in [0.2, 0.25) is 0 Å². The highest BCUT2D eigenvalue weighted by molar-refractivity contribution is 5.86. The van der Waals surface area contributed by atoms with Crippen LogP contribution in [0.25, 0.3) is 0 Å². The summed E-state index contributed by atoms with van der Waals surface area (Å²) < 4.78 is 5.26. The van der Waals surface area contributed by atoms with Crippen molar-refractivity contribution in [3.05, 3.63) is 0 Å². The molecule has 0 aliphatic carbocycles. The summed E-state index contributed by atoms with van der Waals surface area (Å²) in [5, 5.41) is 14.5. The summed E-state index contributed by atoms with van der Waals surface area (Å²) in [6.07, 6.45) is -0.168. The van der Waals surface area contributed by atoms with Gasteiger partial charge in [-0.25, -0.2) is 4.79 Å². The number of rotatable bonds is 5. The Morgan fingerprint density at radius 3 is 2.71 bits per heavy atom. The smallest absolute Gasteiger partial charge is 0.326 e. The molecule has 0 bridgehead atoms. The molecule has 1 rings (SSSR count). The van der Waals surface area contributed by atoms with Gasteiger partial charge in [0.05, 0.1) is 6.61 Å². The van der Waals surface area contributed by atoms with E-state index in [4.69, 9.17) is 9.84 Å². The number of carboxylic acids is 1. The van der Waals surface area contributed by atoms with Crippen LogP contribution in [0.4, 0.5) is 0 Å². The topological polar surface area (TPSA) is 87.7 Å².